The minimum Gasteiger partial charge on any atom is -0.381 e. The normalized spacial score (nSPS) is 15.1. The van der Waals surface area contributed by atoms with E-state index in [1.807, 2.05) is 27.7 Å². The van der Waals surface area contributed by atoms with Crippen molar-refractivity contribution in [3.8, 4) is 0 Å². The average molecular weight is 288 g/mol. The first-order chi connectivity index (χ1) is 9.27. The Balaban J connectivity index is 3.73. The smallest absolute Gasteiger partial charge is 0.237 e. The van der Waals surface area contributed by atoms with Crippen LogP contribution in [0.3, 0.4) is 0 Å². The standard InChI is InChI=1S/C15H32N2O3/c1-6-17-15(4,13(16)18)9-7-8-11-20-12-10-14(2,3)19-5/h17H,6-12H2,1-5H3,(H2,16,18). The van der Waals surface area contributed by atoms with Crippen LogP contribution < -0.4 is 11.1 Å². The van der Waals surface area contributed by atoms with Crippen molar-refractivity contribution in [3.05, 3.63) is 0 Å². The van der Waals surface area contributed by atoms with Crippen LogP contribution in [-0.2, 0) is 14.3 Å². The summed E-state index contributed by atoms with van der Waals surface area (Å²) < 4.78 is 10.9. The molecule has 0 radical (unpaired) electrons. The van der Waals surface area contributed by atoms with E-state index in [1.165, 1.54) is 0 Å². The fraction of sp³-hybridized carbons (Fsp3) is 0.933. The second kappa shape index (κ2) is 9.32. The fourth-order valence-corrected chi connectivity index (χ4v) is 1.89. The molecule has 5 nitrogen and oxygen atoms in total. The summed E-state index contributed by atoms with van der Waals surface area (Å²) >= 11 is 0. The molecule has 0 fully saturated rings. The molecule has 5 heteroatoms. The molecule has 0 heterocycles. The highest BCUT2D eigenvalue weighted by Crippen LogP contribution is 2.15. The van der Waals surface area contributed by atoms with Gasteiger partial charge in [-0.15, -0.1) is 0 Å². The van der Waals surface area contributed by atoms with E-state index in [1.54, 1.807) is 7.11 Å². The van der Waals surface area contributed by atoms with E-state index in [0.29, 0.717) is 13.2 Å². The molecule has 0 aliphatic carbocycles. The zero-order chi connectivity index (χ0) is 15.6. The zero-order valence-corrected chi connectivity index (χ0v) is 13.8. The van der Waals surface area contributed by atoms with E-state index in [-0.39, 0.29) is 11.5 Å². The van der Waals surface area contributed by atoms with Crippen LogP contribution in [0.4, 0.5) is 0 Å². The van der Waals surface area contributed by atoms with Gasteiger partial charge < -0.3 is 20.5 Å². The number of hydrogen-bond donors (Lipinski definition) is 2. The number of unbranched alkanes of at least 4 members (excludes halogenated alkanes) is 1. The Kier molecular flexibility index (Phi) is 9.01. The molecule has 1 unspecified atom stereocenters. The molecule has 1 amide bonds. The Morgan fingerprint density at radius 1 is 1.15 bits per heavy atom. The summed E-state index contributed by atoms with van der Waals surface area (Å²) in [5.74, 6) is -0.290. The second-order valence-electron chi connectivity index (χ2n) is 6.01. The van der Waals surface area contributed by atoms with Gasteiger partial charge in [-0.25, -0.2) is 0 Å². The van der Waals surface area contributed by atoms with E-state index >= 15 is 0 Å². The fourth-order valence-electron chi connectivity index (χ4n) is 1.89. The number of amides is 1. The molecule has 0 aliphatic heterocycles. The molecule has 0 aromatic rings. The molecule has 1 atom stereocenters. The van der Waals surface area contributed by atoms with E-state index in [9.17, 15) is 4.79 Å². The van der Waals surface area contributed by atoms with Gasteiger partial charge in [-0.1, -0.05) is 6.92 Å². The largest absolute Gasteiger partial charge is 0.381 e. The maximum absolute atomic E-state index is 11.4. The van der Waals surface area contributed by atoms with E-state index in [4.69, 9.17) is 15.2 Å². The van der Waals surface area contributed by atoms with Gasteiger partial charge in [-0.05, 0) is 53.0 Å². The third-order valence-corrected chi connectivity index (χ3v) is 3.73. The van der Waals surface area contributed by atoms with Gasteiger partial charge in [0.1, 0.15) is 0 Å². The monoisotopic (exact) mass is 288 g/mol. The highest BCUT2D eigenvalue weighted by Gasteiger charge is 2.28. The number of carbonyl (C=O) groups is 1. The topological polar surface area (TPSA) is 73.6 Å². The predicted octanol–water partition coefficient (Wildman–Crippen LogP) is 1.84. The van der Waals surface area contributed by atoms with Crippen LogP contribution >= 0.6 is 0 Å². The minimum atomic E-state index is -0.604. The Labute approximate surface area is 123 Å². The van der Waals surface area contributed by atoms with Crippen molar-refractivity contribution in [2.24, 2.45) is 5.73 Å². The first-order valence-corrected chi connectivity index (χ1v) is 7.45. The third kappa shape index (κ3) is 7.82. The van der Waals surface area contributed by atoms with E-state index in [2.05, 4.69) is 5.32 Å². The molecule has 0 aromatic carbocycles. The number of nitrogens with two attached hydrogens (primary N) is 1. The van der Waals surface area contributed by atoms with Crippen molar-refractivity contribution in [1.29, 1.82) is 0 Å². The summed E-state index contributed by atoms with van der Waals surface area (Å²) in [4.78, 5) is 11.4. The van der Waals surface area contributed by atoms with Crippen molar-refractivity contribution in [3.63, 3.8) is 0 Å². The molecule has 0 rings (SSSR count). The molecule has 20 heavy (non-hydrogen) atoms. The lowest BCUT2D eigenvalue weighted by molar-refractivity contribution is -0.124. The van der Waals surface area contributed by atoms with E-state index < -0.39 is 5.54 Å². The number of carbonyl (C=O) groups excluding carboxylic acids is 1. The molecule has 3 N–H and O–H groups in total. The van der Waals surface area contributed by atoms with Crippen molar-refractivity contribution in [2.45, 2.75) is 64.5 Å². The highest BCUT2D eigenvalue weighted by atomic mass is 16.5. The van der Waals surface area contributed by atoms with Crippen LogP contribution in [0, 0.1) is 0 Å². The summed E-state index contributed by atoms with van der Waals surface area (Å²) in [5.41, 5.74) is 4.70. The Hall–Kier alpha value is -0.650. The second-order valence-corrected chi connectivity index (χ2v) is 6.01. The molecule has 0 aromatic heterocycles. The highest BCUT2D eigenvalue weighted by molar-refractivity contribution is 5.84. The van der Waals surface area contributed by atoms with Crippen LogP contribution in [0.1, 0.15) is 53.4 Å². The number of primary amides is 1. The van der Waals surface area contributed by atoms with Gasteiger partial charge in [0.15, 0.2) is 0 Å². The lowest BCUT2D eigenvalue weighted by Gasteiger charge is -2.27. The van der Waals surface area contributed by atoms with Crippen molar-refractivity contribution in [2.75, 3.05) is 26.9 Å². The molecule has 0 saturated heterocycles. The molecule has 0 spiro atoms. The molecule has 0 saturated carbocycles. The summed E-state index contributed by atoms with van der Waals surface area (Å²) in [6.07, 6.45) is 3.46. The average Bonchev–Trinajstić information content (AvgIpc) is 2.37. The maximum Gasteiger partial charge on any atom is 0.237 e. The van der Waals surface area contributed by atoms with Crippen LogP contribution in [0.25, 0.3) is 0 Å². The van der Waals surface area contributed by atoms with Crippen LogP contribution in [-0.4, -0.2) is 43.9 Å². The Morgan fingerprint density at radius 2 is 1.80 bits per heavy atom. The zero-order valence-electron chi connectivity index (χ0n) is 13.8. The first kappa shape index (κ1) is 19.4. The van der Waals surface area contributed by atoms with Crippen LogP contribution in [0.15, 0.2) is 0 Å². The number of nitrogens with one attached hydrogen (secondary N) is 1. The van der Waals surface area contributed by atoms with Gasteiger partial charge in [-0.3, -0.25) is 4.79 Å². The van der Waals surface area contributed by atoms with Crippen molar-refractivity contribution >= 4 is 5.91 Å². The predicted molar refractivity (Wildman–Crippen MR) is 81.7 cm³/mol. The van der Waals surface area contributed by atoms with Gasteiger partial charge in [0.2, 0.25) is 5.91 Å². The van der Waals surface area contributed by atoms with Gasteiger partial charge in [0.05, 0.1) is 11.1 Å². The van der Waals surface area contributed by atoms with Crippen LogP contribution in [0.5, 0.6) is 0 Å². The summed E-state index contributed by atoms with van der Waals surface area (Å²) in [6, 6.07) is 0. The summed E-state index contributed by atoms with van der Waals surface area (Å²) in [6.45, 7) is 10.1. The van der Waals surface area contributed by atoms with Crippen LogP contribution in [0.2, 0.25) is 0 Å². The molecule has 0 aliphatic rings. The molecular formula is C15H32N2O3. The number of hydrogen-bond acceptors (Lipinski definition) is 4. The lowest BCUT2D eigenvalue weighted by Crippen LogP contribution is -2.52. The summed E-state index contributed by atoms with van der Waals surface area (Å²) in [5, 5.41) is 3.16. The van der Waals surface area contributed by atoms with Gasteiger partial charge in [0.25, 0.3) is 0 Å². The van der Waals surface area contributed by atoms with Gasteiger partial charge >= 0.3 is 0 Å². The Bertz CT molecular complexity index is 282. The van der Waals surface area contributed by atoms with Crippen molar-refractivity contribution in [1.82, 2.24) is 5.32 Å². The van der Waals surface area contributed by atoms with Gasteiger partial charge in [0, 0.05) is 20.3 Å². The van der Waals surface area contributed by atoms with Crippen molar-refractivity contribution < 1.29 is 14.3 Å². The summed E-state index contributed by atoms with van der Waals surface area (Å²) in [7, 11) is 1.71. The molecule has 0 bridgehead atoms. The minimum absolute atomic E-state index is 0.129. The van der Waals surface area contributed by atoms with E-state index in [0.717, 1.165) is 32.2 Å². The lowest BCUT2D eigenvalue weighted by atomic mass is 9.94. The molecular weight excluding hydrogens is 256 g/mol. The Morgan fingerprint density at radius 3 is 2.30 bits per heavy atom. The number of methoxy groups -OCH3 is 1. The SMILES string of the molecule is CCNC(C)(CCCCOCCC(C)(C)OC)C(N)=O. The number of ether oxygens (including phenoxy) is 2. The molecule has 120 valence electrons. The quantitative estimate of drug-likeness (QED) is 0.537. The number of rotatable bonds is 12. The number of likely N-dealkylation sites (N-methyl/N-ethyl adjacent to an activating group) is 1. The third-order valence-electron chi connectivity index (χ3n) is 3.73. The maximum atomic E-state index is 11.4. The first-order valence-electron chi connectivity index (χ1n) is 7.45. The van der Waals surface area contributed by atoms with Gasteiger partial charge in [-0.2, -0.15) is 0 Å².